The molecule has 3 rings (SSSR count). The molecule has 1 amide bonds. The maximum atomic E-state index is 11.9. The van der Waals surface area contributed by atoms with Crippen molar-refractivity contribution < 1.29 is 14.1 Å². The molecule has 1 fully saturated rings. The summed E-state index contributed by atoms with van der Waals surface area (Å²) in [5.41, 5.74) is 1.13. The summed E-state index contributed by atoms with van der Waals surface area (Å²) < 4.78 is 10.6. The smallest absolute Gasteiger partial charge is 0.250 e. The number of carbonyl (C=O) groups is 1. The fraction of sp³-hybridized carbons (Fsp3) is 0.438. The Balaban J connectivity index is 0.00000208. The van der Waals surface area contributed by atoms with Crippen molar-refractivity contribution in [2.24, 2.45) is 0 Å². The van der Waals surface area contributed by atoms with Crippen LogP contribution < -0.4 is 10.6 Å². The first-order chi connectivity index (χ1) is 11.3. The summed E-state index contributed by atoms with van der Waals surface area (Å²) in [6.45, 7) is 2.35. The molecule has 1 unspecified atom stereocenters. The Labute approximate surface area is 146 Å². The van der Waals surface area contributed by atoms with E-state index in [9.17, 15) is 4.79 Å². The maximum Gasteiger partial charge on any atom is 0.250 e. The minimum Gasteiger partial charge on any atom is -0.366 e. The molecular weight excluding hydrogens is 332 g/mol. The SMILES string of the molecule is Cl.O=C(NCCc1nc(Cc2ccccc2)no1)C1CNCCO1. The molecule has 8 heteroatoms. The van der Waals surface area contributed by atoms with E-state index in [1.807, 2.05) is 30.3 Å². The highest BCUT2D eigenvalue weighted by Gasteiger charge is 2.21. The Morgan fingerprint density at radius 3 is 2.92 bits per heavy atom. The highest BCUT2D eigenvalue weighted by Crippen LogP contribution is 2.06. The summed E-state index contributed by atoms with van der Waals surface area (Å²) in [4.78, 5) is 16.2. The van der Waals surface area contributed by atoms with Crippen LogP contribution in [0.4, 0.5) is 0 Å². The van der Waals surface area contributed by atoms with Crippen LogP contribution in [0.15, 0.2) is 34.9 Å². The van der Waals surface area contributed by atoms with Crippen LogP contribution in [0.2, 0.25) is 0 Å². The first-order valence-electron chi connectivity index (χ1n) is 7.76. The van der Waals surface area contributed by atoms with Crippen LogP contribution >= 0.6 is 12.4 Å². The topological polar surface area (TPSA) is 89.3 Å². The maximum absolute atomic E-state index is 11.9. The summed E-state index contributed by atoms with van der Waals surface area (Å²) in [5.74, 6) is 1.07. The Bertz CT molecular complexity index is 629. The Morgan fingerprint density at radius 1 is 1.33 bits per heavy atom. The Hall–Kier alpha value is -1.96. The number of benzene rings is 1. The van der Waals surface area contributed by atoms with Crippen molar-refractivity contribution in [1.82, 2.24) is 20.8 Å². The molecule has 0 bridgehead atoms. The standard InChI is InChI=1S/C16H20N4O3.ClH/c21-16(13-11-17-8-9-22-13)18-7-6-15-19-14(20-23-15)10-12-4-2-1-3-5-12;/h1-5,13,17H,6-11H2,(H,18,21);1H. The third kappa shape index (κ3) is 5.30. The van der Waals surface area contributed by atoms with Gasteiger partial charge in [0.1, 0.15) is 6.10 Å². The lowest BCUT2D eigenvalue weighted by Gasteiger charge is -2.22. The summed E-state index contributed by atoms with van der Waals surface area (Å²) in [6, 6.07) is 9.98. The number of aromatic nitrogens is 2. The van der Waals surface area contributed by atoms with E-state index in [0.29, 0.717) is 44.3 Å². The molecule has 130 valence electrons. The predicted molar refractivity (Wildman–Crippen MR) is 90.1 cm³/mol. The molecule has 1 aliphatic rings. The first-order valence-corrected chi connectivity index (χ1v) is 7.76. The van der Waals surface area contributed by atoms with Gasteiger partial charge < -0.3 is 19.9 Å². The highest BCUT2D eigenvalue weighted by atomic mass is 35.5. The molecule has 1 aromatic heterocycles. The van der Waals surface area contributed by atoms with Crippen molar-refractivity contribution in [3.63, 3.8) is 0 Å². The van der Waals surface area contributed by atoms with E-state index in [2.05, 4.69) is 20.8 Å². The summed E-state index contributed by atoms with van der Waals surface area (Å²) in [7, 11) is 0. The van der Waals surface area contributed by atoms with Crippen molar-refractivity contribution in [3.8, 4) is 0 Å². The van der Waals surface area contributed by atoms with E-state index < -0.39 is 6.10 Å². The van der Waals surface area contributed by atoms with Gasteiger partial charge in [0.15, 0.2) is 5.82 Å². The van der Waals surface area contributed by atoms with Gasteiger partial charge in [0.05, 0.1) is 6.61 Å². The molecule has 1 aliphatic heterocycles. The van der Waals surface area contributed by atoms with Crippen LogP contribution in [0.5, 0.6) is 0 Å². The van der Waals surface area contributed by atoms with Gasteiger partial charge >= 0.3 is 0 Å². The lowest BCUT2D eigenvalue weighted by Crippen LogP contribution is -2.48. The van der Waals surface area contributed by atoms with Crippen molar-refractivity contribution in [2.75, 3.05) is 26.2 Å². The lowest BCUT2D eigenvalue weighted by atomic mass is 10.1. The van der Waals surface area contributed by atoms with E-state index in [4.69, 9.17) is 9.26 Å². The Kier molecular flexibility index (Phi) is 7.17. The van der Waals surface area contributed by atoms with Gasteiger partial charge in [-0.3, -0.25) is 4.79 Å². The average molecular weight is 353 g/mol. The number of halogens is 1. The molecular formula is C16H21ClN4O3. The number of carbonyl (C=O) groups excluding carboxylic acids is 1. The molecule has 0 aliphatic carbocycles. The number of ether oxygens (including phenoxy) is 1. The van der Waals surface area contributed by atoms with Gasteiger partial charge in [0.2, 0.25) is 11.8 Å². The molecule has 0 radical (unpaired) electrons. The normalized spacial score (nSPS) is 17.1. The second-order valence-electron chi connectivity index (χ2n) is 5.37. The van der Waals surface area contributed by atoms with E-state index in [1.165, 1.54) is 0 Å². The molecule has 1 aromatic carbocycles. The van der Waals surface area contributed by atoms with Crippen LogP contribution in [-0.4, -0.2) is 48.4 Å². The Morgan fingerprint density at radius 2 is 2.17 bits per heavy atom. The van der Waals surface area contributed by atoms with Gasteiger partial charge in [0, 0.05) is 32.5 Å². The van der Waals surface area contributed by atoms with Gasteiger partial charge in [-0.2, -0.15) is 4.98 Å². The first kappa shape index (κ1) is 18.4. The van der Waals surface area contributed by atoms with Crippen molar-refractivity contribution in [2.45, 2.75) is 18.9 Å². The lowest BCUT2D eigenvalue weighted by molar-refractivity contribution is -0.134. The second kappa shape index (κ2) is 9.36. The number of nitrogens with one attached hydrogen (secondary N) is 2. The van der Waals surface area contributed by atoms with E-state index in [1.54, 1.807) is 0 Å². The van der Waals surface area contributed by atoms with Gasteiger partial charge in [0.25, 0.3) is 0 Å². The molecule has 1 saturated heterocycles. The minimum atomic E-state index is -0.417. The van der Waals surface area contributed by atoms with Gasteiger partial charge in [-0.1, -0.05) is 35.5 Å². The predicted octanol–water partition coefficient (Wildman–Crippen LogP) is 0.729. The van der Waals surface area contributed by atoms with E-state index in [0.717, 1.165) is 12.1 Å². The summed E-state index contributed by atoms with van der Waals surface area (Å²) in [6.07, 6.45) is 0.728. The number of morpholine rings is 1. The van der Waals surface area contributed by atoms with Crippen LogP contribution in [0.25, 0.3) is 0 Å². The van der Waals surface area contributed by atoms with Crippen molar-refractivity contribution in [3.05, 3.63) is 47.6 Å². The van der Waals surface area contributed by atoms with E-state index >= 15 is 0 Å². The summed E-state index contributed by atoms with van der Waals surface area (Å²) >= 11 is 0. The number of rotatable bonds is 6. The van der Waals surface area contributed by atoms with Crippen molar-refractivity contribution >= 4 is 18.3 Å². The average Bonchev–Trinajstić information content (AvgIpc) is 3.04. The third-order valence-corrected chi connectivity index (χ3v) is 3.57. The second-order valence-corrected chi connectivity index (χ2v) is 5.37. The number of hydrogen-bond acceptors (Lipinski definition) is 6. The molecule has 2 heterocycles. The molecule has 0 saturated carbocycles. The molecule has 24 heavy (non-hydrogen) atoms. The van der Waals surface area contributed by atoms with E-state index in [-0.39, 0.29) is 18.3 Å². The number of nitrogens with zero attached hydrogens (tertiary/aromatic N) is 2. The molecule has 0 spiro atoms. The van der Waals surface area contributed by atoms with Gasteiger partial charge in [-0.15, -0.1) is 12.4 Å². The quantitative estimate of drug-likeness (QED) is 0.796. The zero-order valence-electron chi connectivity index (χ0n) is 13.2. The number of amides is 1. The molecule has 7 nitrogen and oxygen atoms in total. The number of hydrogen-bond donors (Lipinski definition) is 2. The van der Waals surface area contributed by atoms with Gasteiger partial charge in [-0.05, 0) is 5.56 Å². The zero-order valence-corrected chi connectivity index (χ0v) is 14.1. The van der Waals surface area contributed by atoms with Gasteiger partial charge in [-0.25, -0.2) is 0 Å². The van der Waals surface area contributed by atoms with Crippen molar-refractivity contribution in [1.29, 1.82) is 0 Å². The zero-order chi connectivity index (χ0) is 15.9. The molecule has 1 atom stereocenters. The third-order valence-electron chi connectivity index (χ3n) is 3.57. The molecule has 2 aromatic rings. The summed E-state index contributed by atoms with van der Waals surface area (Å²) in [5, 5.41) is 9.92. The largest absolute Gasteiger partial charge is 0.366 e. The highest BCUT2D eigenvalue weighted by molar-refractivity contribution is 5.85. The fourth-order valence-electron chi connectivity index (χ4n) is 2.38. The van der Waals surface area contributed by atoms with Crippen LogP contribution in [0.1, 0.15) is 17.3 Å². The molecule has 2 N–H and O–H groups in total. The van der Waals surface area contributed by atoms with Crippen LogP contribution in [0, 0.1) is 0 Å². The monoisotopic (exact) mass is 352 g/mol. The fourth-order valence-corrected chi connectivity index (χ4v) is 2.38. The van der Waals surface area contributed by atoms with Crippen LogP contribution in [-0.2, 0) is 22.4 Å². The minimum absolute atomic E-state index is 0. The van der Waals surface area contributed by atoms with Crippen LogP contribution in [0.3, 0.4) is 0 Å².